The third-order valence-electron chi connectivity index (χ3n) is 3.71. The standard InChI is InChI=1S/C21H27ClN2O2/c1-4-10-26-20-9-8-17(22)12-16(20)14-23-18-6-5-7-19(13-18)24-21(25)11-15(2)3/h5-9,12-13,15,23H,4,10-11,14H2,1-3H3,(H,24,25). The molecule has 0 aliphatic heterocycles. The Kier molecular flexibility index (Phi) is 7.79. The highest BCUT2D eigenvalue weighted by Crippen LogP contribution is 2.25. The van der Waals surface area contributed by atoms with Crippen molar-refractivity contribution in [2.75, 3.05) is 17.2 Å². The molecule has 0 aliphatic rings. The van der Waals surface area contributed by atoms with Gasteiger partial charge in [0.1, 0.15) is 5.75 Å². The maximum Gasteiger partial charge on any atom is 0.224 e. The summed E-state index contributed by atoms with van der Waals surface area (Å²) in [6.07, 6.45) is 1.46. The summed E-state index contributed by atoms with van der Waals surface area (Å²) < 4.78 is 5.79. The summed E-state index contributed by atoms with van der Waals surface area (Å²) in [5.74, 6) is 1.20. The molecule has 0 aliphatic carbocycles. The van der Waals surface area contributed by atoms with Crippen molar-refractivity contribution in [2.24, 2.45) is 5.92 Å². The van der Waals surface area contributed by atoms with Crippen LogP contribution in [0, 0.1) is 5.92 Å². The summed E-state index contributed by atoms with van der Waals surface area (Å²) in [7, 11) is 0. The van der Waals surface area contributed by atoms with E-state index in [1.54, 1.807) is 0 Å². The van der Waals surface area contributed by atoms with E-state index < -0.39 is 0 Å². The predicted octanol–water partition coefficient (Wildman–Crippen LogP) is 5.73. The van der Waals surface area contributed by atoms with Gasteiger partial charge in [-0.1, -0.05) is 38.4 Å². The molecule has 5 heteroatoms. The van der Waals surface area contributed by atoms with E-state index in [0.29, 0.717) is 30.5 Å². The number of carbonyl (C=O) groups excluding carboxylic acids is 1. The number of hydrogen-bond acceptors (Lipinski definition) is 3. The molecule has 0 aromatic heterocycles. The zero-order valence-corrected chi connectivity index (χ0v) is 16.4. The van der Waals surface area contributed by atoms with E-state index in [0.717, 1.165) is 29.1 Å². The number of amides is 1. The molecule has 0 unspecified atom stereocenters. The number of anilines is 2. The Morgan fingerprint density at radius 2 is 1.92 bits per heavy atom. The highest BCUT2D eigenvalue weighted by Gasteiger charge is 2.07. The Morgan fingerprint density at radius 3 is 2.65 bits per heavy atom. The maximum atomic E-state index is 11.9. The summed E-state index contributed by atoms with van der Waals surface area (Å²) in [5, 5.41) is 6.99. The zero-order chi connectivity index (χ0) is 18.9. The van der Waals surface area contributed by atoms with Crippen LogP contribution in [0.25, 0.3) is 0 Å². The van der Waals surface area contributed by atoms with Gasteiger partial charge in [0.25, 0.3) is 0 Å². The minimum atomic E-state index is 0.0299. The molecule has 2 aromatic rings. The molecular weight excluding hydrogens is 348 g/mol. The Balaban J connectivity index is 2.02. The Morgan fingerprint density at radius 1 is 1.15 bits per heavy atom. The summed E-state index contributed by atoms with van der Waals surface area (Å²) in [6.45, 7) is 7.39. The van der Waals surface area contributed by atoms with Gasteiger partial charge in [0, 0.05) is 34.9 Å². The van der Waals surface area contributed by atoms with Crippen LogP contribution in [0.1, 0.15) is 39.2 Å². The molecular formula is C21H27ClN2O2. The average molecular weight is 375 g/mol. The van der Waals surface area contributed by atoms with Crippen LogP contribution in [0.3, 0.4) is 0 Å². The van der Waals surface area contributed by atoms with Crippen LogP contribution in [0.15, 0.2) is 42.5 Å². The summed E-state index contributed by atoms with van der Waals surface area (Å²) >= 11 is 6.13. The van der Waals surface area contributed by atoms with Gasteiger partial charge in [-0.25, -0.2) is 0 Å². The van der Waals surface area contributed by atoms with Crippen molar-refractivity contribution in [2.45, 2.75) is 40.2 Å². The Bertz CT molecular complexity index is 732. The third kappa shape index (κ3) is 6.60. The third-order valence-corrected chi connectivity index (χ3v) is 3.94. The second-order valence-corrected chi connectivity index (χ2v) is 7.12. The predicted molar refractivity (Wildman–Crippen MR) is 109 cm³/mol. The topological polar surface area (TPSA) is 50.4 Å². The normalized spacial score (nSPS) is 10.7. The number of benzene rings is 2. The van der Waals surface area contributed by atoms with Crippen LogP contribution < -0.4 is 15.4 Å². The van der Waals surface area contributed by atoms with E-state index in [2.05, 4.69) is 17.6 Å². The first kappa shape index (κ1) is 20.1. The van der Waals surface area contributed by atoms with Gasteiger partial charge in [-0.3, -0.25) is 4.79 Å². The second-order valence-electron chi connectivity index (χ2n) is 6.68. The van der Waals surface area contributed by atoms with Crippen molar-refractivity contribution >= 4 is 28.9 Å². The van der Waals surface area contributed by atoms with Gasteiger partial charge in [-0.2, -0.15) is 0 Å². The monoisotopic (exact) mass is 374 g/mol. The van der Waals surface area contributed by atoms with Crippen LogP contribution in [0.4, 0.5) is 11.4 Å². The van der Waals surface area contributed by atoms with Gasteiger partial charge in [-0.05, 0) is 48.7 Å². The summed E-state index contributed by atoms with van der Waals surface area (Å²) in [4.78, 5) is 11.9. The SMILES string of the molecule is CCCOc1ccc(Cl)cc1CNc1cccc(NC(=O)CC(C)C)c1. The molecule has 0 radical (unpaired) electrons. The van der Waals surface area contributed by atoms with E-state index in [9.17, 15) is 4.79 Å². The first-order chi connectivity index (χ1) is 12.5. The number of rotatable bonds is 9. The van der Waals surface area contributed by atoms with Crippen LogP contribution >= 0.6 is 11.6 Å². The van der Waals surface area contributed by atoms with Crippen molar-refractivity contribution in [1.82, 2.24) is 0 Å². The minimum Gasteiger partial charge on any atom is -0.493 e. The van der Waals surface area contributed by atoms with Crippen LogP contribution in [-0.2, 0) is 11.3 Å². The van der Waals surface area contributed by atoms with Crippen molar-refractivity contribution in [3.05, 3.63) is 53.1 Å². The Hall–Kier alpha value is -2.20. The van der Waals surface area contributed by atoms with Gasteiger partial charge in [-0.15, -0.1) is 0 Å². The maximum absolute atomic E-state index is 11.9. The molecule has 0 saturated carbocycles. The molecule has 0 heterocycles. The summed E-state index contributed by atoms with van der Waals surface area (Å²) in [6, 6.07) is 13.3. The van der Waals surface area contributed by atoms with Gasteiger partial charge >= 0.3 is 0 Å². The van der Waals surface area contributed by atoms with Gasteiger partial charge < -0.3 is 15.4 Å². The van der Waals surface area contributed by atoms with Crippen molar-refractivity contribution in [3.8, 4) is 5.75 Å². The summed E-state index contributed by atoms with van der Waals surface area (Å²) in [5.41, 5.74) is 2.71. The zero-order valence-electron chi connectivity index (χ0n) is 15.6. The molecule has 0 bridgehead atoms. The first-order valence-corrected chi connectivity index (χ1v) is 9.40. The van der Waals surface area contributed by atoms with Crippen molar-refractivity contribution in [3.63, 3.8) is 0 Å². The molecule has 0 saturated heterocycles. The van der Waals surface area contributed by atoms with Crippen molar-refractivity contribution in [1.29, 1.82) is 0 Å². The molecule has 2 N–H and O–H groups in total. The molecule has 0 atom stereocenters. The van der Waals surface area contributed by atoms with Gasteiger partial charge in [0.15, 0.2) is 0 Å². The number of halogens is 1. The molecule has 140 valence electrons. The fraction of sp³-hybridized carbons (Fsp3) is 0.381. The molecule has 0 spiro atoms. The number of nitrogens with one attached hydrogen (secondary N) is 2. The highest BCUT2D eigenvalue weighted by molar-refractivity contribution is 6.30. The largest absolute Gasteiger partial charge is 0.493 e. The van der Waals surface area contributed by atoms with Crippen LogP contribution in [0.5, 0.6) is 5.75 Å². The number of ether oxygens (including phenoxy) is 1. The molecule has 26 heavy (non-hydrogen) atoms. The first-order valence-electron chi connectivity index (χ1n) is 9.03. The smallest absolute Gasteiger partial charge is 0.224 e. The lowest BCUT2D eigenvalue weighted by Crippen LogP contribution is -2.14. The van der Waals surface area contributed by atoms with Crippen molar-refractivity contribution < 1.29 is 9.53 Å². The minimum absolute atomic E-state index is 0.0299. The average Bonchev–Trinajstić information content (AvgIpc) is 2.58. The highest BCUT2D eigenvalue weighted by atomic mass is 35.5. The number of carbonyl (C=O) groups is 1. The molecule has 2 rings (SSSR count). The molecule has 2 aromatic carbocycles. The quantitative estimate of drug-likeness (QED) is 0.589. The number of hydrogen-bond donors (Lipinski definition) is 2. The second kappa shape index (κ2) is 10.1. The lowest BCUT2D eigenvalue weighted by molar-refractivity contribution is -0.116. The van der Waals surface area contributed by atoms with E-state index in [1.807, 2.05) is 56.3 Å². The fourth-order valence-electron chi connectivity index (χ4n) is 2.53. The lowest BCUT2D eigenvalue weighted by Gasteiger charge is -2.14. The van der Waals surface area contributed by atoms with Gasteiger partial charge in [0.05, 0.1) is 6.61 Å². The van der Waals surface area contributed by atoms with E-state index in [4.69, 9.17) is 16.3 Å². The molecule has 0 fully saturated rings. The van der Waals surface area contributed by atoms with E-state index >= 15 is 0 Å². The van der Waals surface area contributed by atoms with E-state index in [1.165, 1.54) is 0 Å². The lowest BCUT2D eigenvalue weighted by atomic mass is 10.1. The Labute approximate surface area is 160 Å². The van der Waals surface area contributed by atoms with Crippen LogP contribution in [-0.4, -0.2) is 12.5 Å². The van der Waals surface area contributed by atoms with E-state index in [-0.39, 0.29) is 5.91 Å². The molecule has 4 nitrogen and oxygen atoms in total. The fourth-order valence-corrected chi connectivity index (χ4v) is 2.72. The molecule has 1 amide bonds. The van der Waals surface area contributed by atoms with Gasteiger partial charge in [0.2, 0.25) is 5.91 Å². The van der Waals surface area contributed by atoms with Crippen LogP contribution in [0.2, 0.25) is 5.02 Å².